The Balaban J connectivity index is 1.90. The highest BCUT2D eigenvalue weighted by atomic mass is 19.4. The number of halogens is 9. The molecule has 1 unspecified atom stereocenters. The molecule has 0 bridgehead atoms. The fourth-order valence-electron chi connectivity index (χ4n) is 6.75. The third-order valence-electron chi connectivity index (χ3n) is 9.64. The number of aryl methyl sites for hydroxylation is 1. The highest BCUT2D eigenvalue weighted by molar-refractivity contribution is 5.84. The molecular formula is C37H39F9N2O4. The summed E-state index contributed by atoms with van der Waals surface area (Å²) in [6.07, 6.45) is -11.2. The van der Waals surface area contributed by atoms with E-state index in [1.165, 1.54) is 20.8 Å². The minimum Gasteiger partial charge on any atom is -0.481 e. The number of carboxylic acids is 1. The van der Waals surface area contributed by atoms with Gasteiger partial charge in [-0.05, 0) is 99.0 Å². The molecule has 4 rings (SSSR count). The number of carbonyl (C=O) groups excluding carboxylic acids is 1. The van der Waals surface area contributed by atoms with E-state index in [4.69, 9.17) is 0 Å². The van der Waals surface area contributed by atoms with E-state index in [1.807, 2.05) is 4.90 Å². The zero-order valence-corrected chi connectivity index (χ0v) is 29.2. The Labute approximate surface area is 294 Å². The fraction of sp³-hybridized carbons (Fsp3) is 0.486. The van der Waals surface area contributed by atoms with Crippen LogP contribution in [0.4, 0.5) is 39.5 Å². The number of carboxylic acid groups (broad SMARTS) is 1. The molecule has 0 aliphatic carbocycles. The van der Waals surface area contributed by atoms with Crippen molar-refractivity contribution in [1.29, 1.82) is 0 Å². The van der Waals surface area contributed by atoms with Gasteiger partial charge in [-0.25, -0.2) is 13.2 Å². The van der Waals surface area contributed by atoms with Crippen LogP contribution in [-0.4, -0.2) is 46.0 Å². The van der Waals surface area contributed by atoms with Crippen molar-refractivity contribution in [3.8, 4) is 11.1 Å². The van der Waals surface area contributed by atoms with Gasteiger partial charge in [-0.3, -0.25) is 14.4 Å². The van der Waals surface area contributed by atoms with Gasteiger partial charge in [0.05, 0.1) is 23.6 Å². The molecule has 1 aliphatic heterocycles. The number of aromatic nitrogens is 1. The largest absolute Gasteiger partial charge is 0.481 e. The average Bonchev–Trinajstić information content (AvgIpc) is 2.98. The van der Waals surface area contributed by atoms with Crippen molar-refractivity contribution in [1.82, 2.24) is 9.47 Å². The maximum absolute atomic E-state index is 16.6. The van der Waals surface area contributed by atoms with Crippen LogP contribution in [0.1, 0.15) is 90.4 Å². The zero-order chi connectivity index (χ0) is 39.0. The number of nitrogens with zero attached hydrogens (tertiary/aromatic N) is 2. The van der Waals surface area contributed by atoms with E-state index < -0.39 is 100 Å². The van der Waals surface area contributed by atoms with Crippen molar-refractivity contribution in [3.05, 3.63) is 91.1 Å². The maximum Gasteiger partial charge on any atom is 0.419 e. The topological polar surface area (TPSA) is 79.6 Å². The first-order valence-corrected chi connectivity index (χ1v) is 16.7. The number of likely N-dealkylation sites (tertiary alicyclic amines) is 1. The van der Waals surface area contributed by atoms with Gasteiger partial charge in [-0.15, -0.1) is 0 Å². The van der Waals surface area contributed by atoms with E-state index in [1.54, 1.807) is 13.8 Å². The molecule has 2 aromatic carbocycles. The second-order valence-electron chi connectivity index (χ2n) is 13.8. The molecule has 52 heavy (non-hydrogen) atoms. The first-order valence-electron chi connectivity index (χ1n) is 16.7. The number of hydrogen-bond acceptors (Lipinski definition) is 4. The number of Topliss-reactive ketones (excluding diaryl/α,β-unsaturated/α-hetero) is 1. The number of ketones is 1. The number of benzene rings is 2. The lowest BCUT2D eigenvalue weighted by Gasteiger charge is -2.31. The number of pyridine rings is 1. The molecule has 0 saturated carbocycles. The zero-order valence-electron chi connectivity index (χ0n) is 29.2. The Kier molecular flexibility index (Phi) is 12.1. The Bertz CT molecular complexity index is 1910. The van der Waals surface area contributed by atoms with Crippen LogP contribution >= 0.6 is 0 Å². The quantitative estimate of drug-likeness (QED) is 0.177. The third kappa shape index (κ3) is 8.72. The van der Waals surface area contributed by atoms with E-state index in [-0.39, 0.29) is 53.3 Å². The Morgan fingerprint density at radius 2 is 1.48 bits per heavy atom. The minimum atomic E-state index is -5.42. The molecule has 1 aliphatic rings. The van der Waals surface area contributed by atoms with Crippen LogP contribution in [0.15, 0.2) is 29.2 Å². The molecule has 6 nitrogen and oxygen atoms in total. The molecule has 15 heteroatoms. The number of rotatable bonds is 13. The standard InChI is InChI=1S/C37H39F9N2O4/c1-18(2)11-28(48-17-22(7-10-47-8-6-9-47)25(16-30(48)50)36(41,42)43)29(49)13-23(14-31(51)52)33-34(39)24(15-26(35(33)40)37(44,45)46)32-19(3)12-27(38)20(4)21(32)5/h12,15-18,23,28H,6-11,13-14H2,1-5H3,(H,51,52)/t23-,28?/m0/s1. The van der Waals surface area contributed by atoms with E-state index in [2.05, 4.69) is 0 Å². The number of carbonyl (C=O) groups is 2. The van der Waals surface area contributed by atoms with Crippen molar-refractivity contribution < 1.29 is 54.2 Å². The number of hydrogen-bond donors (Lipinski definition) is 1. The highest BCUT2D eigenvalue weighted by Gasteiger charge is 2.41. The molecule has 0 amide bonds. The molecule has 0 radical (unpaired) electrons. The molecule has 1 fully saturated rings. The summed E-state index contributed by atoms with van der Waals surface area (Å²) in [7, 11) is 0. The van der Waals surface area contributed by atoms with Crippen molar-refractivity contribution in [3.63, 3.8) is 0 Å². The van der Waals surface area contributed by atoms with Crippen LogP contribution in [-0.2, 0) is 28.4 Å². The van der Waals surface area contributed by atoms with Gasteiger partial charge in [0.1, 0.15) is 17.5 Å². The molecule has 3 aromatic rings. The lowest BCUT2D eigenvalue weighted by Crippen LogP contribution is -2.39. The van der Waals surface area contributed by atoms with Crippen molar-refractivity contribution in [2.75, 3.05) is 19.6 Å². The molecule has 2 heterocycles. The number of aliphatic carboxylic acids is 1. The third-order valence-corrected chi connectivity index (χ3v) is 9.64. The predicted molar refractivity (Wildman–Crippen MR) is 175 cm³/mol. The summed E-state index contributed by atoms with van der Waals surface area (Å²) < 4.78 is 133. The minimum absolute atomic E-state index is 0.000340. The molecule has 1 N–H and O–H groups in total. The first kappa shape index (κ1) is 40.6. The number of alkyl halides is 6. The summed E-state index contributed by atoms with van der Waals surface area (Å²) in [5.74, 6) is -9.68. The lowest BCUT2D eigenvalue weighted by atomic mass is 9.82. The molecule has 1 aromatic heterocycles. The maximum atomic E-state index is 16.6. The van der Waals surface area contributed by atoms with E-state index in [0.29, 0.717) is 19.2 Å². The summed E-state index contributed by atoms with van der Waals surface area (Å²) >= 11 is 0. The molecular weight excluding hydrogens is 707 g/mol. The van der Waals surface area contributed by atoms with Crippen LogP contribution in [0.25, 0.3) is 11.1 Å². The highest BCUT2D eigenvalue weighted by Crippen LogP contribution is 2.44. The Morgan fingerprint density at radius 3 is 2.00 bits per heavy atom. The lowest BCUT2D eigenvalue weighted by molar-refractivity contribution is -0.140. The van der Waals surface area contributed by atoms with Crippen molar-refractivity contribution >= 4 is 11.8 Å². The van der Waals surface area contributed by atoms with Gasteiger partial charge in [0, 0.05) is 42.3 Å². The first-order chi connectivity index (χ1) is 24.0. The van der Waals surface area contributed by atoms with Crippen LogP contribution in [0.3, 0.4) is 0 Å². The summed E-state index contributed by atoms with van der Waals surface area (Å²) in [5.41, 5.74) is -6.98. The van der Waals surface area contributed by atoms with Crippen molar-refractivity contribution in [2.24, 2.45) is 5.92 Å². The van der Waals surface area contributed by atoms with E-state index >= 15 is 8.78 Å². The summed E-state index contributed by atoms with van der Waals surface area (Å²) in [5, 5.41) is 9.74. The van der Waals surface area contributed by atoms with Gasteiger partial charge in [-0.2, -0.15) is 26.3 Å². The summed E-state index contributed by atoms with van der Waals surface area (Å²) in [6, 6.07) is -0.0310. The molecule has 2 atom stereocenters. The monoisotopic (exact) mass is 746 g/mol. The van der Waals surface area contributed by atoms with Gasteiger partial charge < -0.3 is 14.6 Å². The Morgan fingerprint density at radius 1 is 0.865 bits per heavy atom. The van der Waals surface area contributed by atoms with Crippen LogP contribution in [0.5, 0.6) is 0 Å². The SMILES string of the molecule is Cc1cc(F)c(C)c(C)c1-c1cc(C(F)(F)F)c(F)c([C@H](CC(=O)O)CC(=O)C(CC(C)C)n2cc(CCN3CCC3)c(C(F)(F)F)cc2=O)c1F. The average molecular weight is 747 g/mol. The van der Waals surface area contributed by atoms with Crippen LogP contribution in [0, 0.1) is 44.1 Å². The van der Waals surface area contributed by atoms with Crippen LogP contribution < -0.4 is 5.56 Å². The van der Waals surface area contributed by atoms with Gasteiger partial charge in [0.15, 0.2) is 5.78 Å². The van der Waals surface area contributed by atoms with E-state index in [9.17, 15) is 50.2 Å². The summed E-state index contributed by atoms with van der Waals surface area (Å²) in [6.45, 7) is 8.76. The predicted octanol–water partition coefficient (Wildman–Crippen LogP) is 8.95. The second kappa shape index (κ2) is 15.5. The molecule has 0 spiro atoms. The van der Waals surface area contributed by atoms with E-state index in [0.717, 1.165) is 23.3 Å². The smallest absolute Gasteiger partial charge is 0.419 e. The van der Waals surface area contributed by atoms with Crippen molar-refractivity contribution in [2.45, 2.75) is 91.0 Å². The van der Waals surface area contributed by atoms with Gasteiger partial charge >= 0.3 is 18.3 Å². The molecule has 284 valence electrons. The van der Waals surface area contributed by atoms with Gasteiger partial charge in [0.2, 0.25) is 0 Å². The fourth-order valence-corrected chi connectivity index (χ4v) is 6.75. The van der Waals surface area contributed by atoms with Gasteiger partial charge in [0.25, 0.3) is 5.56 Å². The second-order valence-corrected chi connectivity index (χ2v) is 13.8. The Hall–Kier alpha value is -4.14. The van der Waals surface area contributed by atoms with Crippen LogP contribution in [0.2, 0.25) is 0 Å². The normalized spacial score (nSPS) is 15.1. The van der Waals surface area contributed by atoms with Gasteiger partial charge in [-0.1, -0.05) is 13.8 Å². The summed E-state index contributed by atoms with van der Waals surface area (Å²) in [4.78, 5) is 41.2. The molecule has 1 saturated heterocycles.